The SMILES string of the molecule is Cc1ccc(C2CCCN2C(C)C(=O)Nc2cccc([N+](=O)[O-])c2)s1. The summed E-state index contributed by atoms with van der Waals surface area (Å²) in [5.41, 5.74) is 0.423. The van der Waals surface area contributed by atoms with E-state index in [-0.39, 0.29) is 23.7 Å². The number of nitrogens with zero attached hydrogens (tertiary/aromatic N) is 2. The number of benzene rings is 1. The second-order valence-electron chi connectivity index (χ2n) is 6.32. The van der Waals surface area contributed by atoms with Crippen LogP contribution in [0.2, 0.25) is 0 Å². The summed E-state index contributed by atoms with van der Waals surface area (Å²) in [6.45, 7) is 4.86. The van der Waals surface area contributed by atoms with Crippen molar-refractivity contribution in [3.05, 3.63) is 56.3 Å². The molecule has 1 aliphatic heterocycles. The van der Waals surface area contributed by atoms with Crippen LogP contribution in [-0.2, 0) is 4.79 Å². The molecule has 1 aliphatic rings. The molecule has 0 radical (unpaired) electrons. The van der Waals surface area contributed by atoms with E-state index in [0.717, 1.165) is 19.4 Å². The number of rotatable bonds is 5. The van der Waals surface area contributed by atoms with Gasteiger partial charge in [-0.3, -0.25) is 19.8 Å². The molecule has 0 saturated carbocycles. The first kappa shape index (κ1) is 17.6. The van der Waals surface area contributed by atoms with Crippen LogP contribution < -0.4 is 5.32 Å². The summed E-state index contributed by atoms with van der Waals surface area (Å²) in [5.74, 6) is -0.138. The van der Waals surface area contributed by atoms with Gasteiger partial charge in [-0.25, -0.2) is 0 Å². The summed E-state index contributed by atoms with van der Waals surface area (Å²) in [6.07, 6.45) is 2.12. The van der Waals surface area contributed by atoms with Crippen molar-refractivity contribution in [2.24, 2.45) is 0 Å². The number of nitro groups is 1. The number of thiophene rings is 1. The monoisotopic (exact) mass is 359 g/mol. The molecule has 0 spiro atoms. The second-order valence-corrected chi connectivity index (χ2v) is 7.64. The van der Waals surface area contributed by atoms with Gasteiger partial charge in [0.2, 0.25) is 5.91 Å². The van der Waals surface area contributed by atoms with Crippen molar-refractivity contribution in [2.75, 3.05) is 11.9 Å². The number of carbonyl (C=O) groups excluding carboxylic acids is 1. The Labute approximate surface area is 150 Å². The minimum absolute atomic E-state index is 0.0291. The molecule has 1 aromatic carbocycles. The molecule has 1 aromatic heterocycles. The summed E-state index contributed by atoms with van der Waals surface area (Å²) in [7, 11) is 0. The number of non-ortho nitro benzene ring substituents is 1. The van der Waals surface area contributed by atoms with Gasteiger partial charge in [0.05, 0.1) is 11.0 Å². The molecule has 1 saturated heterocycles. The van der Waals surface area contributed by atoms with Crippen LogP contribution in [0.3, 0.4) is 0 Å². The average Bonchev–Trinajstić information content (AvgIpc) is 3.22. The number of anilines is 1. The smallest absolute Gasteiger partial charge is 0.271 e. The molecule has 0 bridgehead atoms. The van der Waals surface area contributed by atoms with Crippen molar-refractivity contribution >= 4 is 28.6 Å². The number of carbonyl (C=O) groups is 1. The van der Waals surface area contributed by atoms with E-state index in [1.807, 2.05) is 6.92 Å². The topological polar surface area (TPSA) is 75.5 Å². The molecule has 25 heavy (non-hydrogen) atoms. The van der Waals surface area contributed by atoms with Gasteiger partial charge in [0.1, 0.15) is 0 Å². The van der Waals surface area contributed by atoms with E-state index >= 15 is 0 Å². The molecular formula is C18H21N3O3S. The van der Waals surface area contributed by atoms with Crippen LogP contribution >= 0.6 is 11.3 Å². The Kier molecular flexibility index (Phi) is 5.15. The highest BCUT2D eigenvalue weighted by molar-refractivity contribution is 7.12. The zero-order valence-electron chi connectivity index (χ0n) is 14.3. The van der Waals surface area contributed by atoms with Gasteiger partial charge in [-0.2, -0.15) is 0 Å². The first-order valence-electron chi connectivity index (χ1n) is 8.33. The highest BCUT2D eigenvalue weighted by Crippen LogP contribution is 2.37. The summed E-state index contributed by atoms with van der Waals surface area (Å²) >= 11 is 1.78. The van der Waals surface area contributed by atoms with E-state index in [9.17, 15) is 14.9 Å². The summed E-state index contributed by atoms with van der Waals surface area (Å²) < 4.78 is 0. The van der Waals surface area contributed by atoms with Crippen LogP contribution in [0.15, 0.2) is 36.4 Å². The first-order chi connectivity index (χ1) is 12.0. The van der Waals surface area contributed by atoms with Crippen molar-refractivity contribution in [1.29, 1.82) is 0 Å². The van der Waals surface area contributed by atoms with Crippen LogP contribution in [0, 0.1) is 17.0 Å². The minimum atomic E-state index is -0.464. The normalized spacial score (nSPS) is 18.9. The Balaban J connectivity index is 1.71. The number of likely N-dealkylation sites (tertiary alicyclic amines) is 1. The third-order valence-corrected chi connectivity index (χ3v) is 5.69. The van der Waals surface area contributed by atoms with E-state index in [0.29, 0.717) is 5.69 Å². The molecule has 2 unspecified atom stereocenters. The van der Waals surface area contributed by atoms with Gasteiger partial charge in [-0.1, -0.05) is 6.07 Å². The fourth-order valence-electron chi connectivity index (χ4n) is 3.29. The van der Waals surface area contributed by atoms with E-state index in [4.69, 9.17) is 0 Å². The van der Waals surface area contributed by atoms with Gasteiger partial charge in [0.25, 0.3) is 5.69 Å². The highest BCUT2D eigenvalue weighted by Gasteiger charge is 2.33. The molecule has 132 valence electrons. The fourth-order valence-corrected chi connectivity index (χ4v) is 4.32. The summed E-state index contributed by atoms with van der Waals surface area (Å²) in [4.78, 5) is 27.8. The molecule has 1 fully saturated rings. The molecule has 1 amide bonds. The molecule has 6 nitrogen and oxygen atoms in total. The van der Waals surface area contributed by atoms with Crippen LogP contribution in [0.1, 0.15) is 35.6 Å². The molecule has 2 aromatic rings. The van der Waals surface area contributed by atoms with Crippen molar-refractivity contribution < 1.29 is 9.72 Å². The average molecular weight is 359 g/mol. The fraction of sp³-hybridized carbons (Fsp3) is 0.389. The maximum absolute atomic E-state index is 12.6. The van der Waals surface area contributed by atoms with Crippen molar-refractivity contribution in [2.45, 2.75) is 38.8 Å². The van der Waals surface area contributed by atoms with Gasteiger partial charge < -0.3 is 5.32 Å². The van der Waals surface area contributed by atoms with Gasteiger partial charge in [0, 0.05) is 33.6 Å². The Hall–Kier alpha value is -2.25. The Morgan fingerprint density at radius 1 is 1.40 bits per heavy atom. The van der Waals surface area contributed by atoms with Gasteiger partial charge in [-0.15, -0.1) is 11.3 Å². The Morgan fingerprint density at radius 3 is 2.88 bits per heavy atom. The number of nitrogens with one attached hydrogen (secondary N) is 1. The lowest BCUT2D eigenvalue weighted by Gasteiger charge is -2.29. The van der Waals surface area contributed by atoms with Crippen LogP contribution in [0.25, 0.3) is 0 Å². The van der Waals surface area contributed by atoms with E-state index in [1.54, 1.807) is 23.5 Å². The lowest BCUT2D eigenvalue weighted by atomic mass is 10.1. The molecule has 7 heteroatoms. The molecule has 0 aliphatic carbocycles. The molecule has 3 rings (SSSR count). The van der Waals surface area contributed by atoms with E-state index < -0.39 is 4.92 Å². The van der Waals surface area contributed by atoms with Crippen LogP contribution in [-0.4, -0.2) is 28.3 Å². The number of aryl methyl sites for hydroxylation is 1. The Bertz CT molecular complexity index is 789. The molecule has 1 N–H and O–H groups in total. The Morgan fingerprint density at radius 2 is 2.20 bits per heavy atom. The maximum atomic E-state index is 12.6. The van der Waals surface area contributed by atoms with E-state index in [2.05, 4.69) is 29.3 Å². The van der Waals surface area contributed by atoms with Gasteiger partial charge in [-0.05, 0) is 51.4 Å². The quantitative estimate of drug-likeness (QED) is 0.643. The number of hydrogen-bond donors (Lipinski definition) is 1. The highest BCUT2D eigenvalue weighted by atomic mass is 32.1. The molecular weight excluding hydrogens is 338 g/mol. The predicted molar refractivity (Wildman–Crippen MR) is 98.9 cm³/mol. The standard InChI is InChI=1S/C18H21N3O3S/c1-12-8-9-17(25-12)16-7-4-10-20(16)13(2)18(22)19-14-5-3-6-15(11-14)21(23)24/h3,5-6,8-9,11,13,16H,4,7,10H2,1-2H3,(H,19,22). The van der Waals surface area contributed by atoms with Crippen molar-refractivity contribution in [1.82, 2.24) is 4.90 Å². The number of amides is 1. The zero-order chi connectivity index (χ0) is 18.0. The minimum Gasteiger partial charge on any atom is -0.324 e. The molecule has 2 heterocycles. The lowest BCUT2D eigenvalue weighted by Crippen LogP contribution is -2.41. The van der Waals surface area contributed by atoms with Crippen molar-refractivity contribution in [3.8, 4) is 0 Å². The van der Waals surface area contributed by atoms with Crippen LogP contribution in [0.4, 0.5) is 11.4 Å². The number of nitro benzene ring substituents is 1. The third-order valence-electron chi connectivity index (χ3n) is 4.59. The number of hydrogen-bond acceptors (Lipinski definition) is 5. The predicted octanol–water partition coefficient (Wildman–Crippen LogP) is 4.13. The summed E-state index contributed by atoms with van der Waals surface area (Å²) in [6, 6.07) is 10.3. The summed E-state index contributed by atoms with van der Waals surface area (Å²) in [5, 5.41) is 13.7. The van der Waals surface area contributed by atoms with Gasteiger partial charge in [0.15, 0.2) is 0 Å². The van der Waals surface area contributed by atoms with Crippen LogP contribution in [0.5, 0.6) is 0 Å². The first-order valence-corrected chi connectivity index (χ1v) is 9.15. The molecule has 2 atom stereocenters. The zero-order valence-corrected chi connectivity index (χ0v) is 15.1. The second kappa shape index (κ2) is 7.33. The third kappa shape index (κ3) is 3.88. The van der Waals surface area contributed by atoms with Gasteiger partial charge >= 0.3 is 0 Å². The maximum Gasteiger partial charge on any atom is 0.271 e. The van der Waals surface area contributed by atoms with E-state index in [1.165, 1.54) is 21.9 Å². The lowest BCUT2D eigenvalue weighted by molar-refractivity contribution is -0.384. The largest absolute Gasteiger partial charge is 0.324 e. The van der Waals surface area contributed by atoms with Crippen molar-refractivity contribution in [3.63, 3.8) is 0 Å².